The molecule has 0 spiro atoms. The molecular weight excluding hydrogens is 269 g/mol. The summed E-state index contributed by atoms with van der Waals surface area (Å²) in [4.78, 5) is 0. The van der Waals surface area contributed by atoms with Crippen molar-refractivity contribution >= 4 is 0 Å². The Morgan fingerprint density at radius 1 is 1.07 bits per heavy atom. The molecule has 0 aromatic rings. The van der Waals surface area contributed by atoms with Gasteiger partial charge in [-0.15, -0.1) is 0 Å². The van der Waals surface area contributed by atoms with Crippen LogP contribution < -0.4 is 0 Å². The summed E-state index contributed by atoms with van der Waals surface area (Å²) in [6, 6.07) is 0. The first-order valence-electron chi connectivity index (χ1n) is 5.51. The first-order valence-corrected chi connectivity index (χ1v) is 8.84. The third kappa shape index (κ3) is 4.75. The molecule has 0 heterocycles. The number of allylic oxidation sites excluding steroid dienone is 6. The fraction of sp³-hybridized carbons (Fsp3) is 0.429. The topological polar surface area (TPSA) is 0 Å². The molecule has 0 atom stereocenters. The Labute approximate surface area is 99.4 Å². The molecule has 0 radical (unpaired) electrons. The van der Waals surface area contributed by atoms with Crippen LogP contribution in [0, 0.1) is 0 Å². The molecule has 0 nitrogen and oxygen atoms in total. The Kier molecular flexibility index (Phi) is 6.60. The van der Waals surface area contributed by atoms with E-state index in [2.05, 4.69) is 43.5 Å². The van der Waals surface area contributed by atoms with Crippen LogP contribution in [-0.4, -0.2) is 0 Å². The zero-order valence-corrected chi connectivity index (χ0v) is 11.1. The van der Waals surface area contributed by atoms with Crippen molar-refractivity contribution in [3.05, 3.63) is 47.7 Å². The van der Waals surface area contributed by atoms with Gasteiger partial charge in [-0.05, 0) is 0 Å². The minimum atomic E-state index is -0.818. The molecule has 0 amide bonds. The van der Waals surface area contributed by atoms with E-state index in [0.717, 1.165) is 0 Å². The quantitative estimate of drug-likeness (QED) is 0.502. The average molecular weight is 290 g/mol. The standard InChI is InChI=1S/C8H11.2C3H5.Ru/c1-2-4-6-8-7-5-3-1;2*1-3-2;/h1-2,7H,3-6H2;2*3H,1-2H2;. The monoisotopic (exact) mass is 291 g/mol. The molecule has 1 rings (SSSR count). The summed E-state index contributed by atoms with van der Waals surface area (Å²) < 4.78 is 1.75. The van der Waals surface area contributed by atoms with Crippen molar-refractivity contribution in [2.24, 2.45) is 0 Å². The van der Waals surface area contributed by atoms with Gasteiger partial charge in [0.25, 0.3) is 0 Å². The second-order valence-corrected chi connectivity index (χ2v) is 8.15. The normalized spacial score (nSPS) is 17.3. The van der Waals surface area contributed by atoms with Gasteiger partial charge in [0, 0.05) is 0 Å². The van der Waals surface area contributed by atoms with E-state index in [4.69, 9.17) is 0 Å². The predicted octanol–water partition coefficient (Wildman–Crippen LogP) is 4.83. The molecular formula is C14H21Ru. The van der Waals surface area contributed by atoms with E-state index < -0.39 is 16.0 Å². The summed E-state index contributed by atoms with van der Waals surface area (Å²) in [5, 5.41) is 2.46. The molecule has 1 heteroatoms. The summed E-state index contributed by atoms with van der Waals surface area (Å²) in [5.41, 5.74) is 0. The number of rotatable bonds is 5. The third-order valence-electron chi connectivity index (χ3n) is 2.28. The van der Waals surface area contributed by atoms with E-state index >= 15 is 0 Å². The van der Waals surface area contributed by atoms with Gasteiger partial charge in [-0.3, -0.25) is 0 Å². The van der Waals surface area contributed by atoms with Crippen molar-refractivity contribution < 1.29 is 16.0 Å². The second kappa shape index (κ2) is 7.82. The Morgan fingerprint density at radius 2 is 1.73 bits per heavy atom. The molecule has 85 valence electrons. The van der Waals surface area contributed by atoms with Crippen molar-refractivity contribution in [3.63, 3.8) is 0 Å². The Morgan fingerprint density at radius 3 is 2.40 bits per heavy atom. The maximum absolute atomic E-state index is 3.88. The summed E-state index contributed by atoms with van der Waals surface area (Å²) in [6.07, 6.45) is 16.3. The van der Waals surface area contributed by atoms with E-state index in [1.54, 1.807) is 4.17 Å². The Hall–Kier alpha value is -0.417. The van der Waals surface area contributed by atoms with Gasteiger partial charge in [0.15, 0.2) is 0 Å². The van der Waals surface area contributed by atoms with Crippen LogP contribution in [0.15, 0.2) is 47.7 Å². The third-order valence-corrected chi connectivity index (χ3v) is 7.36. The van der Waals surface area contributed by atoms with Gasteiger partial charge in [-0.2, -0.15) is 0 Å². The molecule has 0 fully saturated rings. The van der Waals surface area contributed by atoms with Gasteiger partial charge in [0.1, 0.15) is 0 Å². The van der Waals surface area contributed by atoms with Crippen molar-refractivity contribution in [2.45, 2.75) is 35.7 Å². The van der Waals surface area contributed by atoms with Gasteiger partial charge in [0.2, 0.25) is 0 Å². The van der Waals surface area contributed by atoms with Gasteiger partial charge < -0.3 is 0 Å². The zero-order chi connectivity index (χ0) is 10.9. The van der Waals surface area contributed by atoms with Crippen molar-refractivity contribution in [1.82, 2.24) is 0 Å². The Bertz CT molecular complexity index is 251. The second-order valence-electron chi connectivity index (χ2n) is 3.52. The molecule has 15 heavy (non-hydrogen) atoms. The minimum absolute atomic E-state index is 0.818. The van der Waals surface area contributed by atoms with E-state index in [1.807, 2.05) is 0 Å². The van der Waals surface area contributed by atoms with Gasteiger partial charge >= 0.3 is 99.4 Å². The number of hydrogen-bond donors (Lipinski definition) is 0. The molecule has 0 aromatic heterocycles. The fourth-order valence-corrected chi connectivity index (χ4v) is 5.64. The van der Waals surface area contributed by atoms with Crippen LogP contribution in [0.5, 0.6) is 0 Å². The predicted molar refractivity (Wildman–Crippen MR) is 65.7 cm³/mol. The molecule has 0 saturated carbocycles. The van der Waals surface area contributed by atoms with Crippen LogP contribution in [0.2, 0.25) is 10.0 Å². The van der Waals surface area contributed by atoms with Crippen LogP contribution in [0.1, 0.15) is 25.7 Å². The summed E-state index contributed by atoms with van der Waals surface area (Å²) >= 11 is -0.818. The van der Waals surface area contributed by atoms with Crippen LogP contribution in [0.4, 0.5) is 0 Å². The average Bonchev–Trinajstić information content (AvgIpc) is 2.17. The fourth-order valence-electron chi connectivity index (χ4n) is 1.61. The van der Waals surface area contributed by atoms with Crippen molar-refractivity contribution in [3.8, 4) is 0 Å². The molecule has 1 aliphatic carbocycles. The Balaban J connectivity index is 2.62. The summed E-state index contributed by atoms with van der Waals surface area (Å²) in [7, 11) is 0. The molecule has 0 aromatic carbocycles. The SMILES string of the molecule is C=C[CH2][Ru]([CH2]C=C)[C]1=CCCC=CCC1. The first kappa shape index (κ1) is 12.7. The van der Waals surface area contributed by atoms with Crippen LogP contribution >= 0.6 is 0 Å². The first-order chi connectivity index (χ1) is 7.38. The maximum atomic E-state index is 3.88. The molecule has 0 bridgehead atoms. The van der Waals surface area contributed by atoms with Crippen LogP contribution in [0.3, 0.4) is 0 Å². The van der Waals surface area contributed by atoms with Crippen molar-refractivity contribution in [2.75, 3.05) is 0 Å². The van der Waals surface area contributed by atoms with Gasteiger partial charge in [-0.1, -0.05) is 0 Å². The summed E-state index contributed by atoms with van der Waals surface area (Å²) in [6.45, 7) is 7.76. The molecule has 0 saturated heterocycles. The molecule has 0 N–H and O–H groups in total. The van der Waals surface area contributed by atoms with E-state index in [0.29, 0.717) is 0 Å². The summed E-state index contributed by atoms with van der Waals surface area (Å²) in [5.74, 6) is 0. The molecule has 1 aliphatic rings. The van der Waals surface area contributed by atoms with E-state index in [9.17, 15) is 0 Å². The van der Waals surface area contributed by atoms with Crippen molar-refractivity contribution in [1.29, 1.82) is 0 Å². The van der Waals surface area contributed by atoms with Crippen LogP contribution in [0.25, 0.3) is 0 Å². The van der Waals surface area contributed by atoms with Crippen LogP contribution in [-0.2, 0) is 16.0 Å². The molecule has 0 unspecified atom stereocenters. The van der Waals surface area contributed by atoms with E-state index in [-0.39, 0.29) is 0 Å². The number of hydrogen-bond acceptors (Lipinski definition) is 0. The van der Waals surface area contributed by atoms with Gasteiger partial charge in [-0.25, -0.2) is 0 Å². The van der Waals surface area contributed by atoms with Gasteiger partial charge in [0.05, 0.1) is 0 Å². The zero-order valence-electron chi connectivity index (χ0n) is 9.40. The van der Waals surface area contributed by atoms with E-state index in [1.165, 1.54) is 35.7 Å². The molecule has 0 aliphatic heterocycles.